The Hall–Kier alpha value is -2.03. The standard InChI is InChI=1S/C20H21ClN4O3/c1-10-13-5-7-25(19(13)24-9-23-10)20-17(27)16(26)18(28-20)15-14-3-2-12(21)8-11(14)4-6-22-15/h2-3,5,7-9,15-18,20,22,26-27H,4,6H2,1H3/t15-,16+,17-,18-,20?/m1/s1. The SMILES string of the molecule is Cc1ncnc2c1ccn2C1O[C@H]([C@@H]2NCCc3cc(Cl)ccc32)[C@@H](O)[C@H]1O. The van der Waals surface area contributed by atoms with Gasteiger partial charge in [-0.15, -0.1) is 0 Å². The number of fused-ring (bicyclic) bond motifs is 2. The van der Waals surface area contributed by atoms with E-state index in [-0.39, 0.29) is 6.04 Å². The lowest BCUT2D eigenvalue weighted by Crippen LogP contribution is -2.43. The second kappa shape index (κ2) is 6.79. The van der Waals surface area contributed by atoms with Gasteiger partial charge < -0.3 is 24.8 Å². The van der Waals surface area contributed by atoms with E-state index in [1.807, 2.05) is 37.4 Å². The number of aliphatic hydroxyl groups excluding tert-OH is 2. The van der Waals surface area contributed by atoms with E-state index in [1.165, 1.54) is 6.33 Å². The molecule has 5 rings (SSSR count). The van der Waals surface area contributed by atoms with Gasteiger partial charge in [-0.1, -0.05) is 17.7 Å². The van der Waals surface area contributed by atoms with Crippen LogP contribution in [0.25, 0.3) is 11.0 Å². The summed E-state index contributed by atoms with van der Waals surface area (Å²) in [6.07, 6.45) is 0.732. The molecule has 2 aliphatic heterocycles. The van der Waals surface area contributed by atoms with Crippen LogP contribution in [0.5, 0.6) is 0 Å². The lowest BCUT2D eigenvalue weighted by Gasteiger charge is -2.32. The highest BCUT2D eigenvalue weighted by Crippen LogP contribution is 2.39. The topological polar surface area (TPSA) is 92.4 Å². The smallest absolute Gasteiger partial charge is 0.164 e. The van der Waals surface area contributed by atoms with Gasteiger partial charge in [-0.2, -0.15) is 0 Å². The van der Waals surface area contributed by atoms with Crippen LogP contribution >= 0.6 is 11.6 Å². The van der Waals surface area contributed by atoms with Gasteiger partial charge in [-0.3, -0.25) is 0 Å². The van der Waals surface area contributed by atoms with E-state index >= 15 is 0 Å². The number of hydrogen-bond acceptors (Lipinski definition) is 6. The molecule has 8 heteroatoms. The molecule has 2 aromatic heterocycles. The summed E-state index contributed by atoms with van der Waals surface area (Å²) < 4.78 is 7.98. The van der Waals surface area contributed by atoms with Crippen LogP contribution in [0.1, 0.15) is 29.1 Å². The van der Waals surface area contributed by atoms with Crippen LogP contribution < -0.4 is 5.32 Å². The number of halogens is 1. The molecule has 5 atom stereocenters. The van der Waals surface area contributed by atoms with E-state index in [2.05, 4.69) is 15.3 Å². The largest absolute Gasteiger partial charge is 0.387 e. The van der Waals surface area contributed by atoms with E-state index in [9.17, 15) is 10.2 Å². The van der Waals surface area contributed by atoms with Gasteiger partial charge in [0.15, 0.2) is 6.23 Å². The maximum atomic E-state index is 10.8. The molecule has 1 unspecified atom stereocenters. The van der Waals surface area contributed by atoms with Crippen LogP contribution in [0, 0.1) is 6.92 Å². The molecule has 0 spiro atoms. The number of ether oxygens (including phenoxy) is 1. The van der Waals surface area contributed by atoms with Crippen LogP contribution in [0.4, 0.5) is 0 Å². The number of aliphatic hydroxyl groups is 2. The van der Waals surface area contributed by atoms with Crippen molar-refractivity contribution in [3.8, 4) is 0 Å². The van der Waals surface area contributed by atoms with Gasteiger partial charge >= 0.3 is 0 Å². The van der Waals surface area contributed by atoms with Gasteiger partial charge in [-0.25, -0.2) is 9.97 Å². The number of aryl methyl sites for hydroxylation is 1. The molecule has 1 fully saturated rings. The van der Waals surface area contributed by atoms with E-state index in [1.54, 1.807) is 4.57 Å². The second-order valence-corrected chi connectivity index (χ2v) is 7.85. The number of nitrogens with zero attached hydrogens (tertiary/aromatic N) is 3. The monoisotopic (exact) mass is 400 g/mol. The summed E-state index contributed by atoms with van der Waals surface area (Å²) in [4.78, 5) is 8.54. The van der Waals surface area contributed by atoms with Crippen LogP contribution in [-0.4, -0.2) is 49.6 Å². The van der Waals surface area contributed by atoms with E-state index in [4.69, 9.17) is 16.3 Å². The number of benzene rings is 1. The lowest BCUT2D eigenvalue weighted by atomic mass is 9.89. The summed E-state index contributed by atoms with van der Waals surface area (Å²) in [5.74, 6) is 0. The fraction of sp³-hybridized carbons (Fsp3) is 0.400. The zero-order valence-corrected chi connectivity index (χ0v) is 16.0. The molecule has 0 radical (unpaired) electrons. The Morgan fingerprint density at radius 2 is 2.07 bits per heavy atom. The van der Waals surface area contributed by atoms with Gasteiger partial charge in [0.1, 0.15) is 30.3 Å². The Morgan fingerprint density at radius 3 is 2.93 bits per heavy atom. The molecular weight excluding hydrogens is 380 g/mol. The number of hydrogen-bond donors (Lipinski definition) is 3. The van der Waals surface area contributed by atoms with Crippen molar-refractivity contribution >= 4 is 22.6 Å². The van der Waals surface area contributed by atoms with Crippen molar-refractivity contribution in [3.05, 3.63) is 58.6 Å². The molecule has 146 valence electrons. The molecular formula is C20H21ClN4O3. The Balaban J connectivity index is 1.50. The minimum Gasteiger partial charge on any atom is -0.387 e. The van der Waals surface area contributed by atoms with Crippen molar-refractivity contribution in [2.24, 2.45) is 0 Å². The van der Waals surface area contributed by atoms with E-state index < -0.39 is 24.5 Å². The molecule has 0 saturated carbocycles. The Labute approximate surface area is 166 Å². The van der Waals surface area contributed by atoms with Crippen LogP contribution in [-0.2, 0) is 11.2 Å². The Morgan fingerprint density at radius 1 is 1.21 bits per heavy atom. The third kappa shape index (κ3) is 2.74. The summed E-state index contributed by atoms with van der Waals surface area (Å²) in [5, 5.41) is 26.6. The predicted octanol–water partition coefficient (Wildman–Crippen LogP) is 1.90. The first-order valence-electron chi connectivity index (χ1n) is 9.36. The molecule has 0 bridgehead atoms. The maximum absolute atomic E-state index is 10.8. The van der Waals surface area contributed by atoms with Gasteiger partial charge in [0, 0.05) is 16.6 Å². The average Bonchev–Trinajstić information content (AvgIpc) is 3.24. The summed E-state index contributed by atoms with van der Waals surface area (Å²) in [6.45, 7) is 2.66. The van der Waals surface area contributed by atoms with Crippen LogP contribution in [0.2, 0.25) is 5.02 Å². The highest BCUT2D eigenvalue weighted by molar-refractivity contribution is 6.30. The van der Waals surface area contributed by atoms with Gasteiger partial charge in [-0.05, 0) is 49.2 Å². The maximum Gasteiger partial charge on any atom is 0.164 e. The molecule has 1 aromatic carbocycles. The first-order valence-corrected chi connectivity index (χ1v) is 9.74. The molecule has 1 saturated heterocycles. The van der Waals surface area contributed by atoms with Gasteiger partial charge in [0.25, 0.3) is 0 Å². The number of rotatable bonds is 2. The van der Waals surface area contributed by atoms with Crippen molar-refractivity contribution in [2.45, 2.75) is 43.9 Å². The fourth-order valence-electron chi connectivity index (χ4n) is 4.35. The molecule has 7 nitrogen and oxygen atoms in total. The summed E-state index contributed by atoms with van der Waals surface area (Å²) in [6, 6.07) is 7.44. The summed E-state index contributed by atoms with van der Waals surface area (Å²) >= 11 is 6.14. The van der Waals surface area contributed by atoms with Crippen molar-refractivity contribution in [2.75, 3.05) is 6.54 Å². The zero-order chi connectivity index (χ0) is 19.4. The number of aromatic nitrogens is 3. The quantitative estimate of drug-likeness (QED) is 0.608. The lowest BCUT2D eigenvalue weighted by molar-refractivity contribution is -0.0473. The number of nitrogens with one attached hydrogen (secondary N) is 1. The van der Waals surface area contributed by atoms with Crippen molar-refractivity contribution in [1.82, 2.24) is 19.9 Å². The molecule has 4 heterocycles. The third-order valence-electron chi connectivity index (χ3n) is 5.79. The van der Waals surface area contributed by atoms with Crippen LogP contribution in [0.3, 0.4) is 0 Å². The highest BCUT2D eigenvalue weighted by Gasteiger charge is 2.48. The van der Waals surface area contributed by atoms with Gasteiger partial charge in [0.05, 0.1) is 11.7 Å². The van der Waals surface area contributed by atoms with Crippen molar-refractivity contribution in [1.29, 1.82) is 0 Å². The van der Waals surface area contributed by atoms with E-state index in [0.29, 0.717) is 10.7 Å². The Kier molecular flexibility index (Phi) is 4.37. The minimum absolute atomic E-state index is 0.228. The summed E-state index contributed by atoms with van der Waals surface area (Å²) in [7, 11) is 0. The van der Waals surface area contributed by atoms with Crippen molar-refractivity contribution < 1.29 is 14.9 Å². The molecule has 0 amide bonds. The normalized spacial score (nSPS) is 29.9. The van der Waals surface area contributed by atoms with E-state index in [0.717, 1.165) is 35.2 Å². The Bertz CT molecular complexity index is 1040. The highest BCUT2D eigenvalue weighted by atomic mass is 35.5. The first kappa shape index (κ1) is 18.0. The first-order chi connectivity index (χ1) is 13.5. The van der Waals surface area contributed by atoms with Crippen LogP contribution in [0.15, 0.2) is 36.8 Å². The predicted molar refractivity (Wildman–Crippen MR) is 104 cm³/mol. The molecule has 3 N–H and O–H groups in total. The zero-order valence-electron chi connectivity index (χ0n) is 15.3. The molecule has 2 aliphatic rings. The molecule has 3 aromatic rings. The van der Waals surface area contributed by atoms with Gasteiger partial charge in [0.2, 0.25) is 0 Å². The molecule has 28 heavy (non-hydrogen) atoms. The fourth-order valence-corrected chi connectivity index (χ4v) is 4.55. The second-order valence-electron chi connectivity index (χ2n) is 7.42. The minimum atomic E-state index is -1.07. The van der Waals surface area contributed by atoms with Crippen molar-refractivity contribution in [3.63, 3.8) is 0 Å². The summed E-state index contributed by atoms with van der Waals surface area (Å²) in [5.41, 5.74) is 3.71. The average molecular weight is 401 g/mol. The third-order valence-corrected chi connectivity index (χ3v) is 6.02. The molecule has 0 aliphatic carbocycles.